The number of hydrogen-bond acceptors (Lipinski definition) is 2. The van der Waals surface area contributed by atoms with Crippen molar-refractivity contribution in [3.63, 3.8) is 0 Å². The van der Waals surface area contributed by atoms with Crippen LogP contribution < -0.4 is 0 Å². The predicted molar refractivity (Wildman–Crippen MR) is 136 cm³/mol. The van der Waals surface area contributed by atoms with Crippen molar-refractivity contribution >= 4 is 31.9 Å². The quantitative estimate of drug-likeness (QED) is 0.307. The molecule has 2 aliphatic carbocycles. The molecule has 31 heavy (non-hydrogen) atoms. The van der Waals surface area contributed by atoms with Gasteiger partial charge in [0.2, 0.25) is 0 Å². The number of hydrogen-bond donors (Lipinski definition) is 2. The van der Waals surface area contributed by atoms with E-state index in [1.165, 1.54) is 35.1 Å². The van der Waals surface area contributed by atoms with Gasteiger partial charge in [0.05, 0.1) is 8.95 Å². The van der Waals surface area contributed by atoms with Crippen LogP contribution in [0.3, 0.4) is 0 Å². The molecule has 2 aliphatic rings. The van der Waals surface area contributed by atoms with Crippen molar-refractivity contribution in [3.8, 4) is 11.5 Å². The van der Waals surface area contributed by atoms with Gasteiger partial charge in [-0.1, -0.05) is 70.9 Å². The molecule has 0 bridgehead atoms. The monoisotopic (exact) mass is 622 g/mol. The Morgan fingerprint density at radius 1 is 0.613 bits per heavy atom. The summed E-state index contributed by atoms with van der Waals surface area (Å²) in [6, 6.07) is 14.1. The molecule has 0 aromatic heterocycles. The normalized spacial score (nSPS) is 13.4. The summed E-state index contributed by atoms with van der Waals surface area (Å²) in [5.41, 5.74) is 5.92. The zero-order valence-corrected chi connectivity index (χ0v) is 24.1. The number of rotatable bonds is 0. The number of para-hydroxylation sites is 2. The van der Waals surface area contributed by atoms with E-state index in [-0.39, 0.29) is 37.7 Å². The second-order valence-corrected chi connectivity index (χ2v) is 8.75. The van der Waals surface area contributed by atoms with Crippen molar-refractivity contribution in [2.75, 3.05) is 0 Å². The van der Waals surface area contributed by atoms with Crippen LogP contribution in [0, 0.1) is 0 Å². The summed E-state index contributed by atoms with van der Waals surface area (Å²) in [4.78, 5) is 0. The van der Waals surface area contributed by atoms with Crippen LogP contribution in [0.4, 0.5) is 0 Å². The van der Waals surface area contributed by atoms with E-state index in [0.717, 1.165) is 8.95 Å². The summed E-state index contributed by atoms with van der Waals surface area (Å²) in [7, 11) is 0. The van der Waals surface area contributed by atoms with E-state index in [1.807, 2.05) is 12.1 Å². The van der Waals surface area contributed by atoms with Gasteiger partial charge in [-0.2, -0.15) is 0 Å². The Morgan fingerprint density at radius 3 is 1.06 bits per heavy atom. The van der Waals surface area contributed by atoms with Crippen LogP contribution >= 0.6 is 31.9 Å². The zero-order valence-electron chi connectivity index (χ0n) is 18.5. The smallest absolute Gasteiger partial charge is 0.129 e. The molecule has 0 amide bonds. The second-order valence-electron chi connectivity index (χ2n) is 7.04. The number of allylic oxidation sites excluding steroid dienone is 8. The molecule has 0 spiro atoms. The molecule has 0 saturated heterocycles. The Hall–Kier alpha value is -1.16. The van der Waals surface area contributed by atoms with E-state index in [2.05, 4.69) is 83.9 Å². The largest absolute Gasteiger partial charge is 0.507 e. The third-order valence-electron chi connectivity index (χ3n) is 4.64. The molecular formula is C26H30Br2O2Zr. The minimum absolute atomic E-state index is 0. The molecular weight excluding hydrogens is 595 g/mol. The zero-order chi connectivity index (χ0) is 22.5. The summed E-state index contributed by atoms with van der Waals surface area (Å²) in [6.45, 7) is 8.66. The molecule has 4 rings (SSSR count). The van der Waals surface area contributed by atoms with Gasteiger partial charge in [-0.05, 0) is 96.7 Å². The first-order chi connectivity index (χ1) is 14.2. The first-order valence-electron chi connectivity index (χ1n) is 9.75. The van der Waals surface area contributed by atoms with Gasteiger partial charge in [0.25, 0.3) is 0 Å². The maximum Gasteiger partial charge on any atom is 0.129 e. The third kappa shape index (κ3) is 12.5. The average Bonchev–Trinajstić information content (AvgIpc) is 3.29. The van der Waals surface area contributed by atoms with Crippen LogP contribution in [0.1, 0.15) is 40.5 Å². The van der Waals surface area contributed by atoms with Crippen LogP contribution in [-0.2, 0) is 26.2 Å². The molecule has 5 heteroatoms. The molecule has 0 atom stereocenters. The summed E-state index contributed by atoms with van der Waals surface area (Å²) < 4.78 is 1.47. The van der Waals surface area contributed by atoms with Crippen LogP contribution in [0.2, 0.25) is 0 Å². The molecule has 0 heterocycles. The number of benzene rings is 2. The number of halogens is 2. The van der Waals surface area contributed by atoms with Gasteiger partial charge in [-0.25, -0.2) is 0 Å². The summed E-state index contributed by atoms with van der Waals surface area (Å²) in [5, 5.41) is 17.7. The number of phenols is 2. The minimum atomic E-state index is 0. The second kappa shape index (κ2) is 16.5. The van der Waals surface area contributed by atoms with E-state index in [1.54, 1.807) is 36.4 Å². The summed E-state index contributed by atoms with van der Waals surface area (Å²) in [6.07, 6.45) is 11.1. The van der Waals surface area contributed by atoms with Crippen LogP contribution in [0.5, 0.6) is 11.5 Å². The molecule has 2 N–H and O–H groups in total. The molecule has 0 fully saturated rings. The van der Waals surface area contributed by atoms with E-state index < -0.39 is 0 Å². The maximum atomic E-state index is 8.87. The van der Waals surface area contributed by atoms with Gasteiger partial charge < -0.3 is 10.2 Å². The maximum absolute atomic E-state index is 8.87. The molecule has 2 aromatic carbocycles. The fourth-order valence-electron chi connectivity index (χ4n) is 2.33. The minimum Gasteiger partial charge on any atom is -0.507 e. The standard InChI is InChI=1S/2C7H10.2C6H5BrO.Zr/c2*1-6-4-3-5-7(6)2;2*7-5-3-1-2-4-6(5)8;/h2*3-4H,5H2,1-2H3;2*1-4,8H;. The van der Waals surface area contributed by atoms with Gasteiger partial charge >= 0.3 is 0 Å². The first kappa shape index (κ1) is 29.8. The fraction of sp³-hybridized carbons (Fsp3) is 0.231. The average molecular weight is 626 g/mol. The van der Waals surface area contributed by atoms with Crippen LogP contribution in [0.15, 0.2) is 104 Å². The number of aromatic hydroxyl groups is 2. The van der Waals surface area contributed by atoms with Gasteiger partial charge in [0.1, 0.15) is 11.5 Å². The van der Waals surface area contributed by atoms with Crippen molar-refractivity contribution in [2.45, 2.75) is 40.5 Å². The van der Waals surface area contributed by atoms with E-state index in [0.29, 0.717) is 0 Å². The van der Waals surface area contributed by atoms with Gasteiger partial charge in [-0.3, -0.25) is 0 Å². The molecule has 0 unspecified atom stereocenters. The van der Waals surface area contributed by atoms with E-state index in [9.17, 15) is 0 Å². The Balaban J connectivity index is 0.000000384. The van der Waals surface area contributed by atoms with Gasteiger partial charge in [0.15, 0.2) is 0 Å². The SMILES string of the molecule is CC1=C(C)CC=C1.CC1=C(C)CC=C1.Oc1ccccc1Br.Oc1ccccc1Br.[Zr]. The Kier molecular flexibility index (Phi) is 15.9. The molecule has 0 radical (unpaired) electrons. The fourth-order valence-corrected chi connectivity index (χ4v) is 2.90. The predicted octanol–water partition coefficient (Wildman–Crippen LogP) is 8.87. The van der Waals surface area contributed by atoms with Crippen molar-refractivity contribution in [1.82, 2.24) is 0 Å². The molecule has 164 valence electrons. The van der Waals surface area contributed by atoms with Crippen molar-refractivity contribution in [1.29, 1.82) is 0 Å². The van der Waals surface area contributed by atoms with Gasteiger partial charge in [-0.15, -0.1) is 0 Å². The van der Waals surface area contributed by atoms with Crippen LogP contribution in [0.25, 0.3) is 0 Å². The topological polar surface area (TPSA) is 40.5 Å². The Morgan fingerprint density at radius 2 is 0.935 bits per heavy atom. The molecule has 2 aromatic rings. The van der Waals surface area contributed by atoms with Crippen molar-refractivity contribution in [2.24, 2.45) is 0 Å². The van der Waals surface area contributed by atoms with Crippen molar-refractivity contribution in [3.05, 3.63) is 104 Å². The summed E-state index contributed by atoms with van der Waals surface area (Å²) in [5.74, 6) is 0.569. The van der Waals surface area contributed by atoms with Gasteiger partial charge in [0, 0.05) is 26.2 Å². The first-order valence-corrected chi connectivity index (χ1v) is 11.3. The van der Waals surface area contributed by atoms with E-state index >= 15 is 0 Å². The van der Waals surface area contributed by atoms with Crippen LogP contribution in [-0.4, -0.2) is 10.2 Å². The Labute approximate surface area is 222 Å². The summed E-state index contributed by atoms with van der Waals surface area (Å²) >= 11 is 6.29. The molecule has 0 aliphatic heterocycles. The number of phenolic OH excluding ortho intramolecular Hbond substituents is 2. The molecule has 2 nitrogen and oxygen atoms in total. The van der Waals surface area contributed by atoms with Crippen molar-refractivity contribution < 1.29 is 36.4 Å². The molecule has 0 saturated carbocycles. The van der Waals surface area contributed by atoms with E-state index in [4.69, 9.17) is 10.2 Å². The Bertz CT molecular complexity index is 824. The third-order valence-corrected chi connectivity index (χ3v) is 5.98.